The van der Waals surface area contributed by atoms with Crippen molar-refractivity contribution in [1.82, 2.24) is 9.47 Å². The lowest BCUT2D eigenvalue weighted by atomic mass is 9.70. The molecule has 0 saturated carbocycles. The zero-order chi connectivity index (χ0) is 19.8. The Morgan fingerprint density at radius 1 is 0.897 bits per heavy atom. The highest BCUT2D eigenvalue weighted by Gasteiger charge is 2.52. The van der Waals surface area contributed by atoms with Crippen molar-refractivity contribution in [3.63, 3.8) is 0 Å². The Kier molecular flexibility index (Phi) is 3.56. The van der Waals surface area contributed by atoms with Gasteiger partial charge in [0.15, 0.2) is 0 Å². The molecule has 3 heterocycles. The molecule has 6 rings (SSSR count). The van der Waals surface area contributed by atoms with Crippen LogP contribution in [-0.4, -0.2) is 28.6 Å². The van der Waals surface area contributed by atoms with Crippen LogP contribution in [0.15, 0.2) is 66.7 Å². The number of aromatic nitrogens is 1. The molecule has 2 saturated heterocycles. The summed E-state index contributed by atoms with van der Waals surface area (Å²) in [6, 6.07) is 25.2. The summed E-state index contributed by atoms with van der Waals surface area (Å²) in [6.45, 7) is 9.79. The normalized spacial score (nSPS) is 28.6. The van der Waals surface area contributed by atoms with E-state index >= 15 is 0 Å². The summed E-state index contributed by atoms with van der Waals surface area (Å²) in [6.07, 6.45) is 1.32. The second-order valence-corrected chi connectivity index (χ2v) is 9.51. The monoisotopic (exact) mass is 380 g/mol. The Morgan fingerprint density at radius 3 is 2.41 bits per heavy atom. The molecule has 0 N–H and O–H groups in total. The molecule has 2 aliphatic heterocycles. The summed E-state index contributed by atoms with van der Waals surface area (Å²) >= 11 is 0. The zero-order valence-electron chi connectivity index (χ0n) is 17.5. The Morgan fingerprint density at radius 2 is 1.66 bits per heavy atom. The molecule has 3 aromatic carbocycles. The van der Waals surface area contributed by atoms with Crippen molar-refractivity contribution in [2.75, 3.05) is 13.1 Å². The largest absolute Gasteiger partial charge is 0.309 e. The highest BCUT2D eigenvalue weighted by atomic mass is 15.2. The highest BCUT2D eigenvalue weighted by Crippen LogP contribution is 2.54. The third-order valence-corrected chi connectivity index (χ3v) is 7.75. The molecule has 0 amide bonds. The van der Waals surface area contributed by atoms with Gasteiger partial charge in [0.2, 0.25) is 0 Å². The van der Waals surface area contributed by atoms with E-state index in [0.29, 0.717) is 17.4 Å². The maximum atomic E-state index is 2.70. The first-order chi connectivity index (χ1) is 14.1. The minimum Gasteiger partial charge on any atom is -0.309 e. The number of para-hydroxylation sites is 2. The van der Waals surface area contributed by atoms with E-state index in [0.717, 1.165) is 0 Å². The Balaban J connectivity index is 1.64. The Labute approximate surface area is 172 Å². The first kappa shape index (κ1) is 17.3. The zero-order valence-corrected chi connectivity index (χ0v) is 17.5. The van der Waals surface area contributed by atoms with Crippen LogP contribution in [0.3, 0.4) is 0 Å². The number of hydrogen-bond acceptors (Lipinski definition) is 1. The van der Waals surface area contributed by atoms with Crippen molar-refractivity contribution >= 4 is 21.8 Å². The molecule has 2 heteroatoms. The van der Waals surface area contributed by atoms with E-state index < -0.39 is 0 Å². The fourth-order valence-electron chi connectivity index (χ4n) is 6.38. The topological polar surface area (TPSA) is 8.17 Å². The Hall–Kier alpha value is -2.58. The lowest BCUT2D eigenvalue weighted by Gasteiger charge is -2.36. The number of hydrogen-bond donors (Lipinski definition) is 0. The lowest BCUT2D eigenvalue weighted by Crippen LogP contribution is -2.35. The maximum Gasteiger partial charge on any atom is 0.0543 e. The van der Waals surface area contributed by atoms with Crippen LogP contribution in [0, 0.1) is 12.3 Å². The SMILES string of the molecule is Cc1cc2c(cc1C1[C@@H](C)N3CCC1(C)C3)c1ccccc1n2-c1ccccc1. The van der Waals surface area contributed by atoms with Crippen molar-refractivity contribution in [1.29, 1.82) is 0 Å². The van der Waals surface area contributed by atoms with Crippen LogP contribution in [0.2, 0.25) is 0 Å². The van der Waals surface area contributed by atoms with E-state index in [1.54, 1.807) is 5.56 Å². The Bertz CT molecular complexity index is 1240. The molecule has 1 aromatic heterocycles. The van der Waals surface area contributed by atoms with Gasteiger partial charge in [-0.1, -0.05) is 43.3 Å². The maximum absolute atomic E-state index is 2.70. The molecule has 2 bridgehead atoms. The van der Waals surface area contributed by atoms with E-state index in [9.17, 15) is 0 Å². The number of piperidine rings is 1. The first-order valence-corrected chi connectivity index (χ1v) is 10.9. The van der Waals surface area contributed by atoms with E-state index in [-0.39, 0.29) is 0 Å². The van der Waals surface area contributed by atoms with Crippen molar-refractivity contribution < 1.29 is 0 Å². The molecular weight excluding hydrogens is 352 g/mol. The minimum absolute atomic E-state index is 0.412. The van der Waals surface area contributed by atoms with Crippen LogP contribution in [-0.2, 0) is 0 Å². The van der Waals surface area contributed by atoms with Crippen LogP contribution in [0.1, 0.15) is 37.3 Å². The first-order valence-electron chi connectivity index (χ1n) is 10.9. The van der Waals surface area contributed by atoms with Gasteiger partial charge in [-0.05, 0) is 73.7 Å². The van der Waals surface area contributed by atoms with Crippen LogP contribution >= 0.6 is 0 Å². The average Bonchev–Trinajstić information content (AvgIpc) is 3.34. The summed E-state index contributed by atoms with van der Waals surface area (Å²) in [5.41, 5.74) is 7.25. The van der Waals surface area contributed by atoms with Gasteiger partial charge in [-0.15, -0.1) is 0 Å². The quantitative estimate of drug-likeness (QED) is 0.397. The summed E-state index contributed by atoms with van der Waals surface area (Å²) in [5.74, 6) is 0.625. The molecule has 2 nitrogen and oxygen atoms in total. The minimum atomic E-state index is 0.412. The van der Waals surface area contributed by atoms with Crippen molar-refractivity contribution in [3.05, 3.63) is 77.9 Å². The van der Waals surface area contributed by atoms with Gasteiger partial charge in [0.05, 0.1) is 11.0 Å². The van der Waals surface area contributed by atoms with E-state index in [2.05, 4.69) is 97.0 Å². The van der Waals surface area contributed by atoms with Gasteiger partial charge < -0.3 is 4.57 Å². The van der Waals surface area contributed by atoms with Crippen LogP contribution in [0.25, 0.3) is 27.5 Å². The summed E-state index contributed by atoms with van der Waals surface area (Å²) in [5, 5.41) is 2.74. The third kappa shape index (κ3) is 2.33. The summed E-state index contributed by atoms with van der Waals surface area (Å²) in [4.78, 5) is 2.70. The number of aryl methyl sites for hydroxylation is 1. The third-order valence-electron chi connectivity index (χ3n) is 7.75. The number of nitrogens with zero attached hydrogens (tertiary/aromatic N) is 2. The van der Waals surface area contributed by atoms with Crippen molar-refractivity contribution in [2.24, 2.45) is 5.41 Å². The molecule has 29 heavy (non-hydrogen) atoms. The molecule has 2 aliphatic rings. The van der Waals surface area contributed by atoms with E-state index in [1.165, 1.54) is 52.6 Å². The summed E-state index contributed by atoms with van der Waals surface area (Å²) < 4.78 is 2.43. The standard InChI is InChI=1S/C27H28N2/c1-18-15-25-23(16-22(18)26-19(2)28-14-13-27(26,3)17-28)21-11-7-8-12-24(21)29(25)20-9-5-4-6-10-20/h4-12,15-16,19,26H,13-14,17H2,1-3H3/t19-,26?,27?/m1/s1. The van der Waals surface area contributed by atoms with E-state index in [1.807, 2.05) is 0 Å². The van der Waals surface area contributed by atoms with E-state index in [4.69, 9.17) is 0 Å². The molecule has 0 aliphatic carbocycles. The lowest BCUT2D eigenvalue weighted by molar-refractivity contribution is 0.227. The van der Waals surface area contributed by atoms with Crippen LogP contribution in [0.5, 0.6) is 0 Å². The highest BCUT2D eigenvalue weighted by molar-refractivity contribution is 6.09. The molecule has 0 radical (unpaired) electrons. The molecule has 4 aromatic rings. The second kappa shape index (κ2) is 5.96. The van der Waals surface area contributed by atoms with Gasteiger partial charge in [-0.3, -0.25) is 4.90 Å². The smallest absolute Gasteiger partial charge is 0.0543 e. The predicted octanol–water partition coefficient (Wildman–Crippen LogP) is 6.29. The van der Waals surface area contributed by atoms with Crippen LogP contribution < -0.4 is 0 Å². The van der Waals surface area contributed by atoms with Gasteiger partial charge in [0.1, 0.15) is 0 Å². The van der Waals surface area contributed by atoms with Crippen molar-refractivity contribution in [3.8, 4) is 5.69 Å². The second-order valence-electron chi connectivity index (χ2n) is 9.51. The summed E-state index contributed by atoms with van der Waals surface area (Å²) in [7, 11) is 0. The molecule has 4 atom stereocenters. The molecule has 3 unspecified atom stereocenters. The fourth-order valence-corrected chi connectivity index (χ4v) is 6.38. The number of fused-ring (bicyclic) bond motifs is 5. The van der Waals surface area contributed by atoms with Gasteiger partial charge in [-0.2, -0.15) is 0 Å². The fraction of sp³-hybridized carbons (Fsp3) is 0.333. The van der Waals surface area contributed by atoms with Crippen molar-refractivity contribution in [2.45, 2.75) is 39.2 Å². The van der Waals surface area contributed by atoms with Gasteiger partial charge >= 0.3 is 0 Å². The van der Waals surface area contributed by atoms with Gasteiger partial charge in [0, 0.05) is 35.0 Å². The predicted molar refractivity (Wildman–Crippen MR) is 122 cm³/mol. The molecular formula is C27H28N2. The van der Waals surface area contributed by atoms with Gasteiger partial charge in [-0.25, -0.2) is 0 Å². The van der Waals surface area contributed by atoms with Gasteiger partial charge in [0.25, 0.3) is 0 Å². The molecule has 2 fully saturated rings. The molecule has 0 spiro atoms. The number of rotatable bonds is 2. The average molecular weight is 381 g/mol. The van der Waals surface area contributed by atoms with Crippen LogP contribution in [0.4, 0.5) is 0 Å². The number of benzene rings is 3. The molecule has 146 valence electrons.